The van der Waals surface area contributed by atoms with Crippen molar-refractivity contribution in [2.24, 2.45) is 0 Å². The van der Waals surface area contributed by atoms with Crippen LogP contribution in [-0.2, 0) is 0 Å². The van der Waals surface area contributed by atoms with E-state index in [4.69, 9.17) is 4.52 Å². The van der Waals surface area contributed by atoms with Gasteiger partial charge in [-0.15, -0.1) is 0 Å². The van der Waals surface area contributed by atoms with Crippen molar-refractivity contribution in [2.75, 3.05) is 0 Å². The number of hydrogen-bond donors (Lipinski definition) is 1. The highest BCUT2D eigenvalue weighted by Crippen LogP contribution is 2.16. The normalized spacial score (nSPS) is 12.1. The minimum atomic E-state index is -0.230. The molecule has 1 aromatic heterocycles. The predicted molar refractivity (Wildman–Crippen MR) is 68.2 cm³/mol. The van der Waals surface area contributed by atoms with E-state index in [0.717, 1.165) is 12.0 Å². The maximum atomic E-state index is 12.0. The quantitative estimate of drug-likeness (QED) is 0.899. The lowest BCUT2D eigenvalue weighted by atomic mass is 10.0. The van der Waals surface area contributed by atoms with E-state index in [2.05, 4.69) is 10.5 Å². The molecule has 0 bridgehead atoms. The zero-order chi connectivity index (χ0) is 13.0. The minimum Gasteiger partial charge on any atom is -0.351 e. The summed E-state index contributed by atoms with van der Waals surface area (Å²) in [5, 5.41) is 6.65. The van der Waals surface area contributed by atoms with Gasteiger partial charge in [-0.25, -0.2) is 0 Å². The summed E-state index contributed by atoms with van der Waals surface area (Å²) in [4.78, 5) is 12.0. The van der Waals surface area contributed by atoms with Gasteiger partial charge in [0.15, 0.2) is 0 Å². The molecule has 1 heterocycles. The Kier molecular flexibility index (Phi) is 3.77. The summed E-state index contributed by atoms with van der Waals surface area (Å²) >= 11 is 0. The van der Waals surface area contributed by atoms with Crippen LogP contribution < -0.4 is 5.32 Å². The van der Waals surface area contributed by atoms with Crippen molar-refractivity contribution in [1.82, 2.24) is 10.5 Å². The molecular weight excluding hydrogens is 228 g/mol. The van der Waals surface area contributed by atoms with E-state index < -0.39 is 0 Å². The first-order valence-electron chi connectivity index (χ1n) is 6.00. The largest absolute Gasteiger partial charge is 0.351 e. The lowest BCUT2D eigenvalue weighted by Gasteiger charge is -2.16. The summed E-state index contributed by atoms with van der Waals surface area (Å²) in [5.41, 5.74) is 1.79. The zero-order valence-corrected chi connectivity index (χ0v) is 10.5. The predicted octanol–water partition coefficient (Wildman–Crippen LogP) is 2.86. The maximum Gasteiger partial charge on any atom is 0.290 e. The second kappa shape index (κ2) is 5.49. The number of hydrogen-bond acceptors (Lipinski definition) is 3. The molecule has 1 atom stereocenters. The van der Waals surface area contributed by atoms with E-state index >= 15 is 0 Å². The average Bonchev–Trinajstić information content (AvgIpc) is 2.83. The minimum absolute atomic E-state index is 0.0101. The molecule has 2 rings (SSSR count). The molecule has 0 aliphatic heterocycles. The lowest BCUT2D eigenvalue weighted by molar-refractivity contribution is 0.0898. The van der Waals surface area contributed by atoms with Crippen LogP contribution in [0.4, 0.5) is 0 Å². The number of nitrogens with one attached hydrogen (secondary N) is 1. The van der Waals surface area contributed by atoms with Crippen molar-refractivity contribution in [2.45, 2.75) is 26.3 Å². The fourth-order valence-corrected chi connectivity index (χ4v) is 1.81. The molecule has 0 saturated carbocycles. The number of carbonyl (C=O) groups is 1. The van der Waals surface area contributed by atoms with Gasteiger partial charge in [0, 0.05) is 6.07 Å². The van der Waals surface area contributed by atoms with Crippen LogP contribution in [0.5, 0.6) is 0 Å². The van der Waals surface area contributed by atoms with Crippen LogP contribution in [0.1, 0.15) is 41.2 Å². The Labute approximate surface area is 106 Å². The molecule has 0 fully saturated rings. The van der Waals surface area contributed by atoms with Gasteiger partial charge in [0.2, 0.25) is 5.76 Å². The molecule has 1 N–H and O–H groups in total. The van der Waals surface area contributed by atoms with Gasteiger partial charge in [0.05, 0.1) is 11.7 Å². The molecule has 1 unspecified atom stereocenters. The second-order valence-electron chi connectivity index (χ2n) is 4.18. The van der Waals surface area contributed by atoms with Gasteiger partial charge >= 0.3 is 0 Å². The second-order valence-corrected chi connectivity index (χ2v) is 4.18. The number of aromatic nitrogens is 1. The highest BCUT2D eigenvalue weighted by atomic mass is 16.5. The van der Waals surface area contributed by atoms with Crippen LogP contribution in [0.2, 0.25) is 0 Å². The molecule has 4 nitrogen and oxygen atoms in total. The third kappa shape index (κ3) is 2.77. The van der Waals surface area contributed by atoms with Crippen LogP contribution in [0.25, 0.3) is 0 Å². The summed E-state index contributed by atoms with van der Waals surface area (Å²) in [6, 6.07) is 11.5. The standard InChI is InChI=1S/C14H16N2O2/c1-3-12(11-7-5-4-6-8-11)15-14(17)13-9-10(2)16-18-13/h4-9,12H,3H2,1-2H3,(H,15,17). The van der Waals surface area contributed by atoms with Crippen LogP contribution in [0.3, 0.4) is 0 Å². The summed E-state index contributed by atoms with van der Waals surface area (Å²) in [5.74, 6) is 0.0215. The monoisotopic (exact) mass is 244 g/mol. The first-order valence-corrected chi connectivity index (χ1v) is 6.00. The Morgan fingerprint density at radius 3 is 2.67 bits per heavy atom. The Bertz CT molecular complexity index is 520. The molecule has 2 aromatic rings. The maximum absolute atomic E-state index is 12.0. The highest BCUT2D eigenvalue weighted by Gasteiger charge is 2.16. The van der Waals surface area contributed by atoms with Crippen molar-refractivity contribution in [3.05, 3.63) is 53.4 Å². The van der Waals surface area contributed by atoms with Gasteiger partial charge in [-0.3, -0.25) is 4.79 Å². The zero-order valence-electron chi connectivity index (χ0n) is 10.5. The van der Waals surface area contributed by atoms with Crippen LogP contribution in [-0.4, -0.2) is 11.1 Å². The van der Waals surface area contributed by atoms with Crippen LogP contribution in [0.15, 0.2) is 40.9 Å². The summed E-state index contributed by atoms with van der Waals surface area (Å²) in [6.45, 7) is 3.82. The first kappa shape index (κ1) is 12.4. The lowest BCUT2D eigenvalue weighted by Crippen LogP contribution is -2.27. The number of benzene rings is 1. The van der Waals surface area contributed by atoms with Crippen molar-refractivity contribution < 1.29 is 9.32 Å². The van der Waals surface area contributed by atoms with E-state index in [1.807, 2.05) is 37.3 Å². The van der Waals surface area contributed by atoms with E-state index in [-0.39, 0.29) is 17.7 Å². The van der Waals surface area contributed by atoms with E-state index in [9.17, 15) is 4.79 Å². The van der Waals surface area contributed by atoms with Gasteiger partial charge in [0.1, 0.15) is 0 Å². The third-order valence-corrected chi connectivity index (χ3v) is 2.77. The molecule has 0 aliphatic carbocycles. The third-order valence-electron chi connectivity index (χ3n) is 2.77. The Morgan fingerprint density at radius 2 is 2.11 bits per heavy atom. The molecule has 18 heavy (non-hydrogen) atoms. The van der Waals surface area contributed by atoms with Crippen molar-refractivity contribution >= 4 is 5.91 Å². The van der Waals surface area contributed by atoms with Gasteiger partial charge < -0.3 is 9.84 Å². The average molecular weight is 244 g/mol. The molecule has 0 saturated heterocycles. The summed E-state index contributed by atoms with van der Waals surface area (Å²) < 4.78 is 4.95. The SMILES string of the molecule is CCC(NC(=O)c1cc(C)no1)c1ccccc1. The fourth-order valence-electron chi connectivity index (χ4n) is 1.81. The topological polar surface area (TPSA) is 55.1 Å². The number of carbonyl (C=O) groups excluding carboxylic acids is 1. The van der Waals surface area contributed by atoms with Gasteiger partial charge in [-0.1, -0.05) is 42.4 Å². The molecule has 94 valence electrons. The van der Waals surface area contributed by atoms with Crippen LogP contribution >= 0.6 is 0 Å². The Morgan fingerprint density at radius 1 is 1.39 bits per heavy atom. The Balaban J connectivity index is 2.10. The van der Waals surface area contributed by atoms with Gasteiger partial charge in [-0.2, -0.15) is 0 Å². The molecule has 4 heteroatoms. The molecule has 1 aromatic carbocycles. The molecular formula is C14H16N2O2. The number of nitrogens with zero attached hydrogens (tertiary/aromatic N) is 1. The molecule has 1 amide bonds. The summed E-state index contributed by atoms with van der Waals surface area (Å²) in [6.07, 6.45) is 0.822. The van der Waals surface area contributed by atoms with E-state index in [1.54, 1.807) is 13.0 Å². The van der Waals surface area contributed by atoms with E-state index in [0.29, 0.717) is 5.69 Å². The van der Waals surface area contributed by atoms with Crippen molar-refractivity contribution in [3.63, 3.8) is 0 Å². The summed E-state index contributed by atoms with van der Waals surface area (Å²) in [7, 11) is 0. The van der Waals surface area contributed by atoms with Crippen molar-refractivity contribution in [1.29, 1.82) is 0 Å². The molecule has 0 aliphatic rings. The van der Waals surface area contributed by atoms with E-state index in [1.165, 1.54) is 0 Å². The van der Waals surface area contributed by atoms with Gasteiger partial charge in [0.25, 0.3) is 5.91 Å². The number of rotatable bonds is 4. The molecule has 0 radical (unpaired) electrons. The number of aryl methyl sites for hydroxylation is 1. The first-order chi connectivity index (χ1) is 8.70. The smallest absolute Gasteiger partial charge is 0.290 e. The molecule has 0 spiro atoms. The highest BCUT2D eigenvalue weighted by molar-refractivity contribution is 5.91. The van der Waals surface area contributed by atoms with Crippen LogP contribution in [0, 0.1) is 6.92 Å². The fraction of sp³-hybridized carbons (Fsp3) is 0.286. The Hall–Kier alpha value is -2.10. The van der Waals surface area contributed by atoms with Crippen molar-refractivity contribution in [3.8, 4) is 0 Å². The number of amides is 1. The van der Waals surface area contributed by atoms with Gasteiger partial charge in [-0.05, 0) is 18.9 Å².